The molecule has 1 fully saturated rings. The molecule has 122 valence electrons. The first-order chi connectivity index (χ1) is 11.8. The van der Waals surface area contributed by atoms with Crippen molar-refractivity contribution in [1.82, 2.24) is 14.7 Å². The van der Waals surface area contributed by atoms with Crippen molar-refractivity contribution in [2.45, 2.75) is 19.4 Å². The van der Waals surface area contributed by atoms with Gasteiger partial charge in [0.1, 0.15) is 0 Å². The molecule has 0 aliphatic carbocycles. The second-order valence-electron chi connectivity index (χ2n) is 6.60. The van der Waals surface area contributed by atoms with Gasteiger partial charge in [-0.3, -0.25) is 0 Å². The van der Waals surface area contributed by atoms with Crippen LogP contribution in [0.4, 0.5) is 5.69 Å². The summed E-state index contributed by atoms with van der Waals surface area (Å²) in [7, 11) is 0. The Bertz CT molecular complexity index is 925. The number of benzene rings is 2. The van der Waals surface area contributed by atoms with E-state index in [2.05, 4.69) is 46.0 Å². The summed E-state index contributed by atoms with van der Waals surface area (Å²) in [6, 6.07) is 12.9. The fourth-order valence-corrected chi connectivity index (χ4v) is 6.20. The molecule has 0 amide bonds. The molecule has 0 saturated carbocycles. The zero-order valence-corrected chi connectivity index (χ0v) is 15.2. The first-order valence-electron chi connectivity index (χ1n) is 8.60. The number of nitrogen functional groups attached to an aromatic ring is 1. The van der Waals surface area contributed by atoms with Gasteiger partial charge >= 0.3 is 148 Å². The molecule has 2 aliphatic rings. The zero-order valence-electron chi connectivity index (χ0n) is 13.5. The van der Waals surface area contributed by atoms with Crippen LogP contribution in [0.15, 0.2) is 36.4 Å². The van der Waals surface area contributed by atoms with E-state index in [1.807, 2.05) is 0 Å². The summed E-state index contributed by atoms with van der Waals surface area (Å²) in [5.41, 5.74) is 10.9. The normalized spacial score (nSPS) is 16.7. The monoisotopic (exact) mass is 384 g/mol. The van der Waals surface area contributed by atoms with Crippen LogP contribution in [0.25, 0.3) is 22.2 Å². The summed E-state index contributed by atoms with van der Waals surface area (Å²) in [4.78, 5) is 2.54. The van der Waals surface area contributed by atoms with Crippen LogP contribution in [0.3, 0.4) is 0 Å². The van der Waals surface area contributed by atoms with Gasteiger partial charge in [0.2, 0.25) is 0 Å². The molecule has 24 heavy (non-hydrogen) atoms. The fourth-order valence-electron chi connectivity index (χ4n) is 3.83. The Kier molecular flexibility index (Phi) is 3.40. The first-order valence-corrected chi connectivity index (χ1v) is 10.3. The van der Waals surface area contributed by atoms with Gasteiger partial charge < -0.3 is 0 Å². The average molecular weight is 383 g/mol. The third-order valence-electron chi connectivity index (χ3n) is 5.08. The van der Waals surface area contributed by atoms with Gasteiger partial charge in [0.05, 0.1) is 0 Å². The topological polar surface area (TPSA) is 47.1 Å². The predicted octanol–water partition coefficient (Wildman–Crippen LogP) is 1.35. The molecule has 5 heteroatoms. The molecule has 3 heterocycles. The molecule has 0 bridgehead atoms. The van der Waals surface area contributed by atoms with Crippen LogP contribution < -0.4 is 14.7 Å². The molecule has 2 aliphatic heterocycles. The maximum absolute atomic E-state index is 6.31. The molecule has 5 rings (SSSR count). The molecule has 0 radical (unpaired) electrons. The Hall–Kier alpha value is -1.81. The quantitative estimate of drug-likeness (QED) is 0.429. The number of hydrogen-bond donors (Lipinski definition) is 1. The van der Waals surface area contributed by atoms with Crippen LogP contribution in [0, 0.1) is 0 Å². The Labute approximate surface area is 147 Å². The molecule has 4 nitrogen and oxygen atoms in total. The number of rotatable bonds is 3. The van der Waals surface area contributed by atoms with E-state index in [4.69, 9.17) is 10.8 Å². The summed E-state index contributed by atoms with van der Waals surface area (Å²) in [5, 5.41) is 6.29. The Morgan fingerprint density at radius 3 is 2.75 bits per heavy atom. The van der Waals surface area contributed by atoms with Gasteiger partial charge in [-0.25, -0.2) is 0 Å². The number of nitrogens with zero attached hydrogens (tertiary/aromatic N) is 3. The number of hydrogen-bond acceptors (Lipinski definition) is 3. The third kappa shape index (κ3) is 2.20. The van der Waals surface area contributed by atoms with Gasteiger partial charge in [0, 0.05) is 0 Å². The van der Waals surface area contributed by atoms with Gasteiger partial charge in [-0.15, -0.1) is 0 Å². The Morgan fingerprint density at radius 2 is 1.88 bits per heavy atom. The van der Waals surface area contributed by atoms with Crippen molar-refractivity contribution >= 4 is 40.5 Å². The van der Waals surface area contributed by atoms with E-state index >= 15 is 0 Å². The van der Waals surface area contributed by atoms with Gasteiger partial charge in [-0.1, -0.05) is 0 Å². The van der Waals surface area contributed by atoms with Gasteiger partial charge in [-0.05, 0) is 0 Å². The fraction of sp³-hybridized carbons (Fsp3) is 0.316. The van der Waals surface area contributed by atoms with E-state index in [0.717, 1.165) is 24.5 Å². The van der Waals surface area contributed by atoms with Gasteiger partial charge in [-0.2, -0.15) is 0 Å². The summed E-state index contributed by atoms with van der Waals surface area (Å²) in [6.07, 6.45) is 2.67. The molecule has 3 aromatic rings. The molecular weight excluding hydrogens is 363 g/mol. The van der Waals surface area contributed by atoms with Crippen LogP contribution in [0.2, 0.25) is 0 Å². The van der Waals surface area contributed by atoms with E-state index in [0.29, 0.717) is 0 Å². The van der Waals surface area contributed by atoms with Crippen molar-refractivity contribution in [1.29, 1.82) is 0 Å². The minimum atomic E-state index is 0.260. The predicted molar refractivity (Wildman–Crippen MR) is 100 cm³/mol. The maximum atomic E-state index is 6.31. The molecule has 2 aromatic carbocycles. The van der Waals surface area contributed by atoms with E-state index in [9.17, 15) is 0 Å². The van der Waals surface area contributed by atoms with Crippen molar-refractivity contribution in [3.63, 3.8) is 0 Å². The van der Waals surface area contributed by atoms with E-state index in [-0.39, 0.29) is 15.0 Å². The summed E-state index contributed by atoms with van der Waals surface area (Å²) >= 11 is 0.260. The van der Waals surface area contributed by atoms with Crippen LogP contribution >= 0.6 is 0 Å². The second-order valence-corrected chi connectivity index (χ2v) is 8.80. The van der Waals surface area contributed by atoms with Crippen molar-refractivity contribution in [2.24, 2.45) is 0 Å². The first kappa shape index (κ1) is 14.5. The summed E-state index contributed by atoms with van der Waals surface area (Å²) in [5.74, 6) is 0. The zero-order chi connectivity index (χ0) is 16.1. The number of anilines is 1. The molecule has 2 N–H and O–H groups in total. The van der Waals surface area contributed by atoms with Crippen LogP contribution in [0.5, 0.6) is 0 Å². The average Bonchev–Trinajstić information content (AvgIpc) is 3.24. The van der Waals surface area contributed by atoms with Crippen LogP contribution in [0.1, 0.15) is 12.8 Å². The molecule has 0 unspecified atom stereocenters. The summed E-state index contributed by atoms with van der Waals surface area (Å²) < 4.78 is 4.90. The van der Waals surface area contributed by atoms with Crippen molar-refractivity contribution < 1.29 is 0 Å². The Morgan fingerprint density at radius 1 is 1.04 bits per heavy atom. The molecule has 1 aromatic heterocycles. The van der Waals surface area contributed by atoms with E-state index in [1.165, 1.54) is 51.3 Å². The van der Waals surface area contributed by atoms with Gasteiger partial charge in [0.25, 0.3) is 0 Å². The molecule has 1 saturated heterocycles. The van der Waals surface area contributed by atoms with Crippen molar-refractivity contribution in [3.05, 3.63) is 36.4 Å². The minimum absolute atomic E-state index is 0.260. The molecule has 0 spiro atoms. The number of fused-ring (bicyclic) bond motifs is 2. The molecule has 0 atom stereocenters. The SMILES string of the molecule is Nc1ccc2c3c(nn2CCN2CCCC2)-c2ccccc2[Se]c13. The van der Waals surface area contributed by atoms with Crippen LogP contribution in [-0.4, -0.2) is 49.3 Å². The number of aromatic nitrogens is 2. The standard InChI is InChI=1S/C19H20N4Se/c20-14-7-8-15-17-18(13-5-1-2-6-16(13)24-19(14)17)21-23(15)12-11-22-9-3-4-10-22/h1-2,5-8H,3-4,9-12,20H2. The van der Waals surface area contributed by atoms with Crippen LogP contribution in [-0.2, 0) is 6.54 Å². The third-order valence-corrected chi connectivity index (χ3v) is 7.64. The number of likely N-dealkylation sites (tertiary alicyclic amines) is 1. The van der Waals surface area contributed by atoms with Crippen molar-refractivity contribution in [3.8, 4) is 11.3 Å². The second kappa shape index (κ2) is 5.62. The van der Waals surface area contributed by atoms with E-state index < -0.39 is 0 Å². The number of nitrogens with two attached hydrogens (primary N) is 1. The summed E-state index contributed by atoms with van der Waals surface area (Å²) in [6.45, 7) is 4.50. The Balaban J connectivity index is 1.63. The van der Waals surface area contributed by atoms with Gasteiger partial charge in [0.15, 0.2) is 0 Å². The van der Waals surface area contributed by atoms with Crippen molar-refractivity contribution in [2.75, 3.05) is 25.4 Å². The van der Waals surface area contributed by atoms with E-state index in [1.54, 1.807) is 0 Å². The molecular formula is C19H20N4Se.